The molecule has 0 unspecified atom stereocenters. The molecule has 0 saturated heterocycles. The van der Waals surface area contributed by atoms with Gasteiger partial charge in [0.15, 0.2) is 0 Å². The van der Waals surface area contributed by atoms with Crippen molar-refractivity contribution in [3.05, 3.63) is 42.0 Å². The van der Waals surface area contributed by atoms with Crippen molar-refractivity contribution in [1.29, 1.82) is 0 Å². The Hall–Kier alpha value is -2.29. The number of aliphatic carboxylic acids is 1. The number of carboxylic acid groups (broad SMARTS) is 1. The van der Waals surface area contributed by atoms with Gasteiger partial charge in [0.25, 0.3) is 0 Å². The number of pyridine rings is 1. The number of hydrogen-bond acceptors (Lipinski definition) is 5. The third-order valence-corrected chi connectivity index (χ3v) is 3.42. The largest absolute Gasteiger partial charge is 0.478 e. The Bertz CT molecular complexity index is 582. The number of nitrogens with zero attached hydrogens (tertiary/aromatic N) is 1. The molecular formula is C14H17F3N4O2. The van der Waals surface area contributed by atoms with Gasteiger partial charge >= 0.3 is 12.1 Å². The molecule has 4 N–H and O–H groups in total. The fourth-order valence-corrected chi connectivity index (χ4v) is 2.22. The van der Waals surface area contributed by atoms with Crippen LogP contribution in [0.4, 0.5) is 13.2 Å². The Labute approximate surface area is 130 Å². The van der Waals surface area contributed by atoms with Gasteiger partial charge in [0.05, 0.1) is 5.69 Å². The van der Waals surface area contributed by atoms with Gasteiger partial charge in [0, 0.05) is 25.4 Å². The molecule has 1 aliphatic rings. The second-order valence-electron chi connectivity index (χ2n) is 5.12. The number of carboxylic acids is 1. The van der Waals surface area contributed by atoms with Gasteiger partial charge in [-0.25, -0.2) is 9.78 Å². The van der Waals surface area contributed by atoms with E-state index in [2.05, 4.69) is 20.9 Å². The predicted octanol–water partition coefficient (Wildman–Crippen LogP) is 1.42. The lowest BCUT2D eigenvalue weighted by Gasteiger charge is -2.25. The Morgan fingerprint density at radius 1 is 1.30 bits per heavy atom. The van der Waals surface area contributed by atoms with Crippen LogP contribution >= 0.6 is 0 Å². The van der Waals surface area contributed by atoms with E-state index in [1.165, 1.54) is 24.5 Å². The van der Waals surface area contributed by atoms with Crippen molar-refractivity contribution in [3.63, 3.8) is 0 Å². The summed E-state index contributed by atoms with van der Waals surface area (Å²) in [7, 11) is 0. The summed E-state index contributed by atoms with van der Waals surface area (Å²) in [6.07, 6.45) is -0.579. The van der Waals surface area contributed by atoms with Gasteiger partial charge in [-0.15, -0.1) is 0 Å². The molecule has 0 saturated carbocycles. The fraction of sp³-hybridized carbons (Fsp3) is 0.429. The minimum Gasteiger partial charge on any atom is -0.478 e. The molecule has 1 aromatic rings. The van der Waals surface area contributed by atoms with Crippen LogP contribution in [0.5, 0.6) is 0 Å². The van der Waals surface area contributed by atoms with Crippen molar-refractivity contribution < 1.29 is 23.1 Å². The third-order valence-electron chi connectivity index (χ3n) is 3.42. The first-order chi connectivity index (χ1) is 10.8. The van der Waals surface area contributed by atoms with Crippen LogP contribution in [-0.4, -0.2) is 28.3 Å². The summed E-state index contributed by atoms with van der Waals surface area (Å²) >= 11 is 0. The average Bonchev–Trinajstić information content (AvgIpc) is 2.96. The van der Waals surface area contributed by atoms with Crippen molar-refractivity contribution in [3.8, 4) is 0 Å². The number of aromatic nitrogens is 1. The fourth-order valence-electron chi connectivity index (χ4n) is 2.22. The first kappa shape index (κ1) is 17.1. The van der Waals surface area contributed by atoms with Gasteiger partial charge in [0.2, 0.25) is 5.66 Å². The van der Waals surface area contributed by atoms with Gasteiger partial charge in [-0.1, -0.05) is 6.07 Å². The molecule has 1 aromatic heterocycles. The maximum atomic E-state index is 12.5. The molecule has 1 aliphatic heterocycles. The lowest BCUT2D eigenvalue weighted by atomic mass is 10.1. The summed E-state index contributed by atoms with van der Waals surface area (Å²) < 4.78 is 37.6. The molecule has 0 bridgehead atoms. The predicted molar refractivity (Wildman–Crippen MR) is 76.0 cm³/mol. The molecule has 0 fully saturated rings. The molecule has 6 nitrogen and oxygen atoms in total. The molecule has 23 heavy (non-hydrogen) atoms. The highest BCUT2D eigenvalue weighted by molar-refractivity contribution is 5.79. The minimum absolute atomic E-state index is 0.184. The topological polar surface area (TPSA) is 86.3 Å². The van der Waals surface area contributed by atoms with Crippen LogP contribution in [0.1, 0.15) is 24.2 Å². The molecule has 0 aliphatic carbocycles. The molecule has 9 heteroatoms. The lowest BCUT2D eigenvalue weighted by Crippen LogP contribution is -2.56. The molecular weight excluding hydrogens is 313 g/mol. The Balaban J connectivity index is 1.77. The van der Waals surface area contributed by atoms with E-state index in [0.717, 1.165) is 6.07 Å². The zero-order valence-electron chi connectivity index (χ0n) is 12.2. The summed E-state index contributed by atoms with van der Waals surface area (Å²) in [5.74, 6) is -1.01. The zero-order chi connectivity index (χ0) is 16.9. The van der Waals surface area contributed by atoms with Gasteiger partial charge in [0.1, 0.15) is 5.69 Å². The van der Waals surface area contributed by atoms with E-state index < -0.39 is 23.5 Å². The molecule has 0 radical (unpaired) electrons. The monoisotopic (exact) mass is 330 g/mol. The maximum absolute atomic E-state index is 12.5. The Morgan fingerprint density at radius 3 is 2.61 bits per heavy atom. The van der Waals surface area contributed by atoms with E-state index in [1.54, 1.807) is 0 Å². The van der Waals surface area contributed by atoms with Crippen LogP contribution in [0.15, 0.2) is 30.6 Å². The number of alkyl halides is 3. The van der Waals surface area contributed by atoms with Crippen LogP contribution < -0.4 is 16.0 Å². The normalized spacial score (nSPS) is 16.0. The summed E-state index contributed by atoms with van der Waals surface area (Å²) in [5, 5.41) is 17.7. The van der Waals surface area contributed by atoms with Crippen molar-refractivity contribution in [2.75, 3.05) is 6.54 Å². The van der Waals surface area contributed by atoms with Crippen molar-refractivity contribution in [2.45, 2.75) is 31.2 Å². The van der Waals surface area contributed by atoms with Gasteiger partial charge in [-0.3, -0.25) is 0 Å². The van der Waals surface area contributed by atoms with E-state index >= 15 is 0 Å². The zero-order valence-corrected chi connectivity index (χ0v) is 12.2. The van der Waals surface area contributed by atoms with E-state index in [-0.39, 0.29) is 12.2 Å². The lowest BCUT2D eigenvalue weighted by molar-refractivity contribution is -0.145. The molecule has 126 valence electrons. The maximum Gasteiger partial charge on any atom is 0.433 e. The van der Waals surface area contributed by atoms with E-state index in [0.29, 0.717) is 19.4 Å². The van der Waals surface area contributed by atoms with Gasteiger partial charge < -0.3 is 21.1 Å². The summed E-state index contributed by atoms with van der Waals surface area (Å²) in [6.45, 7) is 0.638. The average molecular weight is 330 g/mol. The van der Waals surface area contributed by atoms with Crippen LogP contribution in [0.3, 0.4) is 0 Å². The van der Waals surface area contributed by atoms with Crippen LogP contribution in [0.25, 0.3) is 0 Å². The smallest absolute Gasteiger partial charge is 0.433 e. The number of nitrogens with one attached hydrogen (secondary N) is 3. The molecule has 0 amide bonds. The minimum atomic E-state index is -4.46. The van der Waals surface area contributed by atoms with E-state index in [9.17, 15) is 23.1 Å². The van der Waals surface area contributed by atoms with Crippen molar-refractivity contribution in [2.24, 2.45) is 0 Å². The molecule has 0 atom stereocenters. The Morgan fingerprint density at radius 2 is 2.00 bits per heavy atom. The molecule has 0 aromatic carbocycles. The summed E-state index contributed by atoms with van der Waals surface area (Å²) in [5.41, 5.74) is -1.85. The van der Waals surface area contributed by atoms with Crippen LogP contribution in [0, 0.1) is 0 Å². The number of hydrogen-bond donors (Lipinski definition) is 4. The molecule has 2 rings (SSSR count). The number of halogens is 3. The first-order valence-corrected chi connectivity index (χ1v) is 7.01. The highest BCUT2D eigenvalue weighted by Crippen LogP contribution is 2.27. The van der Waals surface area contributed by atoms with Crippen LogP contribution in [0.2, 0.25) is 0 Å². The highest BCUT2D eigenvalue weighted by atomic mass is 19.4. The second-order valence-corrected chi connectivity index (χ2v) is 5.12. The van der Waals surface area contributed by atoms with Crippen LogP contribution in [-0.2, 0) is 17.5 Å². The highest BCUT2D eigenvalue weighted by Gasteiger charge is 2.38. The van der Waals surface area contributed by atoms with E-state index in [1.807, 2.05) is 0 Å². The van der Waals surface area contributed by atoms with Crippen molar-refractivity contribution >= 4 is 5.97 Å². The second kappa shape index (κ2) is 6.86. The SMILES string of the molecule is O=C(O)C1(CCCNCc2cccc(C(F)(F)F)n2)NC=CN1. The first-order valence-electron chi connectivity index (χ1n) is 7.01. The van der Waals surface area contributed by atoms with Gasteiger partial charge in [-0.2, -0.15) is 13.2 Å². The standard InChI is InChI=1S/C14H17F3N4O2/c15-14(16,17)11-4-1-3-10(21-11)9-18-6-2-5-13(12(22)23)19-7-8-20-13/h1,3-4,7-8,18-20H,2,5-6,9H2,(H,22,23). The number of rotatable bonds is 7. The quantitative estimate of drug-likeness (QED) is 0.566. The number of carbonyl (C=O) groups is 1. The molecule has 2 heterocycles. The van der Waals surface area contributed by atoms with Crippen molar-refractivity contribution in [1.82, 2.24) is 20.9 Å². The van der Waals surface area contributed by atoms with E-state index in [4.69, 9.17) is 0 Å². The third kappa shape index (κ3) is 4.35. The summed E-state index contributed by atoms with van der Waals surface area (Å²) in [6, 6.07) is 3.74. The summed E-state index contributed by atoms with van der Waals surface area (Å²) in [4.78, 5) is 14.8. The van der Waals surface area contributed by atoms with Gasteiger partial charge in [-0.05, 0) is 25.1 Å². The molecule has 0 spiro atoms. The Kier molecular flexibility index (Phi) is 5.09.